The lowest BCUT2D eigenvalue weighted by Crippen LogP contribution is -2.50. The molecule has 0 aromatic carbocycles. The normalized spacial score (nSPS) is 34.8. The molecule has 1 saturated heterocycles. The van der Waals surface area contributed by atoms with Crippen molar-refractivity contribution in [3.05, 3.63) is 0 Å². The summed E-state index contributed by atoms with van der Waals surface area (Å²) >= 11 is 0. The highest BCUT2D eigenvalue weighted by molar-refractivity contribution is 6.03. The van der Waals surface area contributed by atoms with Gasteiger partial charge in [0, 0.05) is 11.8 Å². The molecule has 3 saturated carbocycles. The molecule has 4 aliphatic rings. The van der Waals surface area contributed by atoms with Gasteiger partial charge in [0.15, 0.2) is 5.41 Å². The number of carbonyl (C=O) groups excluding carboxylic acids is 3. The second-order valence-corrected chi connectivity index (χ2v) is 10.9. The summed E-state index contributed by atoms with van der Waals surface area (Å²) in [5.74, 6) is -1.07. The second kappa shape index (κ2) is 7.77. The number of rotatable bonds is 8. The summed E-state index contributed by atoms with van der Waals surface area (Å²) in [5.41, 5.74) is -2.30. The first-order valence-electron chi connectivity index (χ1n) is 12.3. The van der Waals surface area contributed by atoms with Crippen molar-refractivity contribution in [1.82, 2.24) is 0 Å². The van der Waals surface area contributed by atoms with Gasteiger partial charge in [-0.1, -0.05) is 33.6 Å². The Hall–Kier alpha value is -1.59. The molecular formula is C25H38O6. The third kappa shape index (κ3) is 3.22. The lowest BCUT2D eigenvalue weighted by Gasteiger charge is -2.40. The van der Waals surface area contributed by atoms with E-state index in [1.54, 1.807) is 0 Å². The van der Waals surface area contributed by atoms with Crippen LogP contribution in [0.25, 0.3) is 0 Å². The molecule has 2 bridgehead atoms. The van der Waals surface area contributed by atoms with Crippen LogP contribution in [0.15, 0.2) is 0 Å². The van der Waals surface area contributed by atoms with Gasteiger partial charge in [-0.2, -0.15) is 0 Å². The lowest BCUT2D eigenvalue weighted by molar-refractivity contribution is -0.185. The summed E-state index contributed by atoms with van der Waals surface area (Å²) in [6.45, 7) is 9.84. The van der Waals surface area contributed by atoms with Gasteiger partial charge in [-0.3, -0.25) is 14.4 Å². The van der Waals surface area contributed by atoms with Crippen LogP contribution >= 0.6 is 0 Å². The second-order valence-electron chi connectivity index (χ2n) is 10.9. The zero-order valence-electron chi connectivity index (χ0n) is 19.7. The Morgan fingerprint density at radius 3 is 2.32 bits per heavy atom. The van der Waals surface area contributed by atoms with Crippen molar-refractivity contribution < 1.29 is 28.6 Å². The lowest BCUT2D eigenvalue weighted by atomic mass is 9.72. The van der Waals surface area contributed by atoms with E-state index in [1.807, 2.05) is 20.8 Å². The standard InChI is InChI=1S/C25H38O6/c1-6-23(4,5)20(26)29-18-15-13-17-19(18)30-21(27)25(17,14-15)22(28)31-24(7-2,8-3)16-11-9-10-12-16/h15-19H,6-14H2,1-5H3. The molecule has 1 aliphatic heterocycles. The molecule has 0 N–H and O–H groups in total. The van der Waals surface area contributed by atoms with E-state index >= 15 is 0 Å². The maximum absolute atomic E-state index is 13.6. The summed E-state index contributed by atoms with van der Waals surface area (Å²) < 4.78 is 17.9. The van der Waals surface area contributed by atoms with Gasteiger partial charge in [0.25, 0.3) is 0 Å². The zero-order valence-corrected chi connectivity index (χ0v) is 19.7. The Morgan fingerprint density at radius 2 is 1.74 bits per heavy atom. The SMILES string of the molecule is CCC(C)(C)C(=O)OC1C2CC3C1OC(=O)C3(C(=O)OC(CC)(CC)C1CCCC1)C2. The zero-order chi connectivity index (χ0) is 22.6. The molecule has 5 unspecified atom stereocenters. The van der Waals surface area contributed by atoms with Crippen molar-refractivity contribution in [1.29, 1.82) is 0 Å². The van der Waals surface area contributed by atoms with Crippen molar-refractivity contribution in [3.63, 3.8) is 0 Å². The van der Waals surface area contributed by atoms with Crippen molar-refractivity contribution in [2.45, 2.75) is 110 Å². The first kappa shape index (κ1) is 22.6. The fourth-order valence-corrected chi connectivity index (χ4v) is 6.64. The molecule has 0 aromatic heterocycles. The molecule has 31 heavy (non-hydrogen) atoms. The molecule has 0 amide bonds. The van der Waals surface area contributed by atoms with E-state index in [-0.39, 0.29) is 17.8 Å². The first-order valence-corrected chi connectivity index (χ1v) is 12.3. The maximum Gasteiger partial charge on any atom is 0.324 e. The molecule has 0 aromatic rings. The molecular weight excluding hydrogens is 396 g/mol. The summed E-state index contributed by atoms with van der Waals surface area (Å²) in [6.07, 6.45) is 6.74. The molecule has 3 aliphatic carbocycles. The van der Waals surface area contributed by atoms with Gasteiger partial charge in [-0.05, 0) is 64.7 Å². The molecule has 1 heterocycles. The summed E-state index contributed by atoms with van der Waals surface area (Å²) in [4.78, 5) is 39.3. The van der Waals surface area contributed by atoms with E-state index < -0.39 is 40.6 Å². The quantitative estimate of drug-likeness (QED) is 0.316. The van der Waals surface area contributed by atoms with E-state index in [2.05, 4.69) is 13.8 Å². The maximum atomic E-state index is 13.6. The summed E-state index contributed by atoms with van der Waals surface area (Å²) in [6, 6.07) is 0. The minimum Gasteiger partial charge on any atom is -0.458 e. The molecule has 4 fully saturated rings. The Bertz CT molecular complexity index is 747. The van der Waals surface area contributed by atoms with Crippen LogP contribution in [0.3, 0.4) is 0 Å². The van der Waals surface area contributed by atoms with Gasteiger partial charge in [-0.15, -0.1) is 0 Å². The van der Waals surface area contributed by atoms with E-state index in [1.165, 1.54) is 12.8 Å². The van der Waals surface area contributed by atoms with Gasteiger partial charge < -0.3 is 14.2 Å². The molecule has 6 heteroatoms. The van der Waals surface area contributed by atoms with E-state index in [0.717, 1.165) is 25.7 Å². The Kier molecular flexibility index (Phi) is 5.66. The van der Waals surface area contributed by atoms with Crippen LogP contribution in [0.1, 0.15) is 92.4 Å². The summed E-state index contributed by atoms with van der Waals surface area (Å²) in [5, 5.41) is 0. The molecule has 174 valence electrons. The van der Waals surface area contributed by atoms with Crippen molar-refractivity contribution in [3.8, 4) is 0 Å². The van der Waals surface area contributed by atoms with Crippen LogP contribution in [-0.2, 0) is 28.6 Å². The minimum absolute atomic E-state index is 0.0326. The fourth-order valence-electron chi connectivity index (χ4n) is 6.64. The third-order valence-electron chi connectivity index (χ3n) is 9.20. The topological polar surface area (TPSA) is 78.9 Å². The van der Waals surface area contributed by atoms with Crippen LogP contribution in [0.4, 0.5) is 0 Å². The highest BCUT2D eigenvalue weighted by Gasteiger charge is 2.76. The van der Waals surface area contributed by atoms with Crippen molar-refractivity contribution in [2.24, 2.45) is 28.6 Å². The van der Waals surface area contributed by atoms with Crippen LogP contribution < -0.4 is 0 Å². The van der Waals surface area contributed by atoms with E-state index in [4.69, 9.17) is 14.2 Å². The van der Waals surface area contributed by atoms with Gasteiger partial charge >= 0.3 is 17.9 Å². The largest absolute Gasteiger partial charge is 0.458 e. The number of hydrogen-bond acceptors (Lipinski definition) is 6. The molecule has 4 rings (SSSR count). The predicted molar refractivity (Wildman–Crippen MR) is 114 cm³/mol. The monoisotopic (exact) mass is 434 g/mol. The summed E-state index contributed by atoms with van der Waals surface area (Å²) in [7, 11) is 0. The van der Waals surface area contributed by atoms with E-state index in [0.29, 0.717) is 25.2 Å². The molecule has 5 atom stereocenters. The number of fused-ring (bicyclic) bond motifs is 1. The predicted octanol–water partition coefficient (Wildman–Crippen LogP) is 4.58. The average molecular weight is 435 g/mol. The Morgan fingerprint density at radius 1 is 1.10 bits per heavy atom. The third-order valence-corrected chi connectivity index (χ3v) is 9.20. The number of ether oxygens (including phenoxy) is 3. The van der Waals surface area contributed by atoms with Crippen molar-refractivity contribution in [2.75, 3.05) is 0 Å². The van der Waals surface area contributed by atoms with Gasteiger partial charge in [0.1, 0.15) is 17.8 Å². The first-order chi connectivity index (χ1) is 14.6. The number of carbonyl (C=O) groups is 3. The number of esters is 3. The van der Waals surface area contributed by atoms with Gasteiger partial charge in [0.2, 0.25) is 0 Å². The fraction of sp³-hybridized carbons (Fsp3) is 0.880. The van der Waals surface area contributed by atoms with Gasteiger partial charge in [0.05, 0.1) is 5.41 Å². The van der Waals surface area contributed by atoms with Crippen LogP contribution in [-0.4, -0.2) is 35.7 Å². The smallest absolute Gasteiger partial charge is 0.324 e. The van der Waals surface area contributed by atoms with Crippen LogP contribution in [0, 0.1) is 28.6 Å². The highest BCUT2D eigenvalue weighted by atomic mass is 16.6. The van der Waals surface area contributed by atoms with Crippen molar-refractivity contribution >= 4 is 17.9 Å². The Labute approximate surface area is 185 Å². The molecule has 0 spiro atoms. The van der Waals surface area contributed by atoms with Gasteiger partial charge in [-0.25, -0.2) is 0 Å². The Balaban J connectivity index is 1.53. The highest BCUT2D eigenvalue weighted by Crippen LogP contribution is 2.63. The molecule has 0 radical (unpaired) electrons. The van der Waals surface area contributed by atoms with E-state index in [9.17, 15) is 14.4 Å². The van der Waals surface area contributed by atoms with Crippen LogP contribution in [0.2, 0.25) is 0 Å². The number of hydrogen-bond donors (Lipinski definition) is 0. The van der Waals surface area contributed by atoms with Crippen LogP contribution in [0.5, 0.6) is 0 Å². The minimum atomic E-state index is -1.22. The average Bonchev–Trinajstić information content (AvgIpc) is 3.51. The molecule has 6 nitrogen and oxygen atoms in total.